The summed E-state index contributed by atoms with van der Waals surface area (Å²) in [6.07, 6.45) is 0.391. The quantitative estimate of drug-likeness (QED) is 0.463. The molecule has 0 unspecified atom stereocenters. The van der Waals surface area contributed by atoms with Crippen LogP contribution in [0.5, 0.6) is 0 Å². The summed E-state index contributed by atoms with van der Waals surface area (Å²) in [4.78, 5) is 0. The van der Waals surface area contributed by atoms with Gasteiger partial charge in [0.05, 0.1) is 12.0 Å². The largest absolute Gasteiger partial charge is 0.347 e. The monoisotopic (exact) mass is 138 g/mol. The molecule has 2 atom stereocenters. The molecule has 0 amide bonds. The van der Waals surface area contributed by atoms with Gasteiger partial charge in [-0.15, -0.1) is 11.6 Å². The molecule has 8 heavy (non-hydrogen) atoms. The first-order valence-electron chi connectivity index (χ1n) is 2.70. The molecule has 1 heterocycles. The summed E-state index contributed by atoms with van der Waals surface area (Å²) >= 11 is 5.47. The molecule has 0 bridgehead atoms. The first-order chi connectivity index (χ1) is 3.80. The van der Waals surface area contributed by atoms with Gasteiger partial charge in [-0.05, 0) is 12.8 Å². The van der Waals surface area contributed by atoms with Crippen molar-refractivity contribution in [3.8, 4) is 0 Å². The third kappa shape index (κ3) is 1.33. The van der Waals surface area contributed by atoms with Crippen molar-refractivity contribution >= 4 is 11.6 Å². The lowest BCUT2D eigenvalue weighted by molar-refractivity contribution is -0.0643. The van der Waals surface area contributed by atoms with E-state index < -0.39 is 11.7 Å². The third-order valence-corrected chi connectivity index (χ3v) is 1.60. The summed E-state index contributed by atoms with van der Waals surface area (Å²) in [7, 11) is 0. The number of alkyl halides is 2. The van der Waals surface area contributed by atoms with Crippen LogP contribution in [0.3, 0.4) is 0 Å². The van der Waals surface area contributed by atoms with Crippen LogP contribution in [0, 0.1) is 0 Å². The van der Waals surface area contributed by atoms with Crippen LogP contribution in [-0.2, 0) is 4.74 Å². The lowest BCUT2D eigenvalue weighted by Crippen LogP contribution is -2.25. The second kappa shape index (κ2) is 2.65. The lowest BCUT2D eigenvalue weighted by atomic mass is 10.2. The number of ether oxygens (including phenoxy) is 1. The van der Waals surface area contributed by atoms with Gasteiger partial charge in [-0.1, -0.05) is 0 Å². The van der Waals surface area contributed by atoms with E-state index in [-0.39, 0.29) is 0 Å². The molecule has 0 radical (unpaired) electrons. The molecular formula is C5H8ClFO. The van der Waals surface area contributed by atoms with Gasteiger partial charge in [0.2, 0.25) is 6.36 Å². The summed E-state index contributed by atoms with van der Waals surface area (Å²) in [6, 6.07) is 0. The molecule has 1 nitrogen and oxygen atoms in total. The summed E-state index contributed by atoms with van der Waals surface area (Å²) in [5.74, 6) is 0. The molecule has 0 aliphatic carbocycles. The van der Waals surface area contributed by atoms with Crippen LogP contribution < -0.4 is 0 Å². The Hall–Kier alpha value is 0.180. The van der Waals surface area contributed by atoms with Gasteiger partial charge in [-0.2, -0.15) is 0 Å². The minimum Gasteiger partial charge on any atom is -0.347 e. The van der Waals surface area contributed by atoms with Gasteiger partial charge in [-0.3, -0.25) is 0 Å². The highest BCUT2D eigenvalue weighted by Crippen LogP contribution is 2.19. The van der Waals surface area contributed by atoms with E-state index in [1.807, 2.05) is 0 Å². The van der Waals surface area contributed by atoms with Gasteiger partial charge in [0, 0.05) is 0 Å². The molecule has 0 spiro atoms. The Morgan fingerprint density at radius 3 is 2.75 bits per heavy atom. The van der Waals surface area contributed by atoms with Gasteiger partial charge in [0.1, 0.15) is 0 Å². The third-order valence-electron chi connectivity index (χ3n) is 1.19. The molecule has 1 saturated heterocycles. The number of hydrogen-bond acceptors (Lipinski definition) is 1. The zero-order chi connectivity index (χ0) is 5.98. The summed E-state index contributed by atoms with van der Waals surface area (Å²) in [5, 5.41) is -0.413. The van der Waals surface area contributed by atoms with Crippen LogP contribution in [0.1, 0.15) is 12.8 Å². The first-order valence-corrected chi connectivity index (χ1v) is 3.14. The van der Waals surface area contributed by atoms with Crippen LogP contribution >= 0.6 is 11.6 Å². The molecule has 1 aliphatic heterocycles. The van der Waals surface area contributed by atoms with Crippen LogP contribution in [0.4, 0.5) is 4.39 Å². The minimum atomic E-state index is -1.23. The smallest absolute Gasteiger partial charge is 0.215 e. The van der Waals surface area contributed by atoms with Crippen LogP contribution in [0.15, 0.2) is 0 Å². The second-order valence-corrected chi connectivity index (χ2v) is 2.44. The van der Waals surface area contributed by atoms with Gasteiger partial charge in [0.15, 0.2) is 0 Å². The van der Waals surface area contributed by atoms with E-state index in [0.717, 1.165) is 12.8 Å². The standard InChI is InChI=1S/C5H8ClFO/c6-4-2-1-3-8-5(4)7/h4-5H,1-3H2/t4-,5+/m1/s1. The lowest BCUT2D eigenvalue weighted by Gasteiger charge is -2.20. The number of halogens is 2. The van der Waals surface area contributed by atoms with E-state index in [4.69, 9.17) is 11.6 Å². The van der Waals surface area contributed by atoms with Crippen molar-refractivity contribution < 1.29 is 9.13 Å². The maximum absolute atomic E-state index is 12.2. The van der Waals surface area contributed by atoms with E-state index in [0.29, 0.717) is 6.61 Å². The fourth-order valence-electron chi connectivity index (χ4n) is 0.710. The fourth-order valence-corrected chi connectivity index (χ4v) is 0.937. The Morgan fingerprint density at radius 2 is 2.38 bits per heavy atom. The predicted molar refractivity (Wildman–Crippen MR) is 29.7 cm³/mol. The van der Waals surface area contributed by atoms with Gasteiger partial charge >= 0.3 is 0 Å². The molecule has 0 aromatic carbocycles. The Morgan fingerprint density at radius 1 is 1.62 bits per heavy atom. The van der Waals surface area contributed by atoms with Crippen LogP contribution in [-0.4, -0.2) is 18.3 Å². The Kier molecular flexibility index (Phi) is 2.08. The molecule has 3 heteroatoms. The molecule has 0 aromatic heterocycles. The normalized spacial score (nSPS) is 39.8. The average Bonchev–Trinajstić information content (AvgIpc) is 1.77. The molecular weight excluding hydrogens is 131 g/mol. The number of hydrogen-bond donors (Lipinski definition) is 0. The molecule has 48 valence electrons. The molecule has 1 fully saturated rings. The number of rotatable bonds is 0. The maximum atomic E-state index is 12.2. The highest BCUT2D eigenvalue weighted by atomic mass is 35.5. The maximum Gasteiger partial charge on any atom is 0.215 e. The topological polar surface area (TPSA) is 9.23 Å². The summed E-state index contributed by atoms with van der Waals surface area (Å²) < 4.78 is 16.8. The Labute approximate surface area is 52.8 Å². The molecule has 0 saturated carbocycles. The molecule has 0 N–H and O–H groups in total. The average molecular weight is 139 g/mol. The fraction of sp³-hybridized carbons (Fsp3) is 1.00. The van der Waals surface area contributed by atoms with Crippen molar-refractivity contribution in [2.75, 3.05) is 6.61 Å². The van der Waals surface area contributed by atoms with E-state index in [1.54, 1.807) is 0 Å². The Balaban J connectivity index is 2.28. The first kappa shape index (κ1) is 6.30. The zero-order valence-corrected chi connectivity index (χ0v) is 5.20. The van der Waals surface area contributed by atoms with Crippen LogP contribution in [0.2, 0.25) is 0 Å². The van der Waals surface area contributed by atoms with Crippen molar-refractivity contribution in [2.45, 2.75) is 24.6 Å². The van der Waals surface area contributed by atoms with Crippen molar-refractivity contribution in [1.82, 2.24) is 0 Å². The van der Waals surface area contributed by atoms with Gasteiger partial charge < -0.3 is 4.74 Å². The molecule has 1 rings (SSSR count). The predicted octanol–water partition coefficient (Wildman–Crippen LogP) is 1.70. The van der Waals surface area contributed by atoms with Gasteiger partial charge in [0.25, 0.3) is 0 Å². The minimum absolute atomic E-state index is 0.413. The highest BCUT2D eigenvalue weighted by Gasteiger charge is 2.22. The summed E-state index contributed by atoms with van der Waals surface area (Å²) in [5.41, 5.74) is 0. The molecule has 1 aliphatic rings. The van der Waals surface area contributed by atoms with Crippen LogP contribution in [0.25, 0.3) is 0 Å². The van der Waals surface area contributed by atoms with Gasteiger partial charge in [-0.25, -0.2) is 4.39 Å². The van der Waals surface area contributed by atoms with Crippen molar-refractivity contribution in [2.24, 2.45) is 0 Å². The van der Waals surface area contributed by atoms with Crippen molar-refractivity contribution in [3.63, 3.8) is 0 Å². The van der Waals surface area contributed by atoms with E-state index in [9.17, 15) is 4.39 Å². The Bertz CT molecular complexity index is 68.8. The molecule has 0 aromatic rings. The SMILES string of the molecule is F[C@H]1OCCC[C@H]1Cl. The summed E-state index contributed by atoms with van der Waals surface area (Å²) in [6.45, 7) is 0.518. The van der Waals surface area contributed by atoms with E-state index in [1.165, 1.54) is 0 Å². The highest BCUT2D eigenvalue weighted by molar-refractivity contribution is 6.20. The van der Waals surface area contributed by atoms with E-state index in [2.05, 4.69) is 4.74 Å². The van der Waals surface area contributed by atoms with Crippen molar-refractivity contribution in [1.29, 1.82) is 0 Å². The zero-order valence-electron chi connectivity index (χ0n) is 4.44. The van der Waals surface area contributed by atoms with Crippen molar-refractivity contribution in [3.05, 3.63) is 0 Å². The second-order valence-electron chi connectivity index (χ2n) is 1.88. The van der Waals surface area contributed by atoms with E-state index >= 15 is 0 Å².